The SMILES string of the molecule is COC(=O)c1cccc(OS(=O)(=O)c2ccc(Br)cc2Cl)c1. The molecular weight excluding hydrogens is 396 g/mol. The number of methoxy groups -OCH3 is 1. The van der Waals surface area contributed by atoms with Crippen LogP contribution < -0.4 is 4.18 Å². The number of esters is 1. The van der Waals surface area contributed by atoms with Gasteiger partial charge in [-0.15, -0.1) is 0 Å². The second-order valence-electron chi connectivity index (χ2n) is 4.13. The first-order valence-corrected chi connectivity index (χ1v) is 8.49. The summed E-state index contributed by atoms with van der Waals surface area (Å²) in [5.74, 6) is -0.605. The molecule has 22 heavy (non-hydrogen) atoms. The second kappa shape index (κ2) is 6.68. The number of rotatable bonds is 4. The molecule has 5 nitrogen and oxygen atoms in total. The van der Waals surface area contributed by atoms with Gasteiger partial charge in [0.1, 0.15) is 10.6 Å². The molecule has 0 spiro atoms. The minimum Gasteiger partial charge on any atom is -0.465 e. The van der Waals surface area contributed by atoms with Crippen molar-refractivity contribution in [2.75, 3.05) is 7.11 Å². The molecule has 0 saturated heterocycles. The molecule has 2 aromatic rings. The van der Waals surface area contributed by atoms with Crippen LogP contribution in [0.1, 0.15) is 10.4 Å². The molecule has 0 amide bonds. The van der Waals surface area contributed by atoms with Gasteiger partial charge < -0.3 is 8.92 Å². The van der Waals surface area contributed by atoms with Crippen LogP contribution in [0.4, 0.5) is 0 Å². The monoisotopic (exact) mass is 404 g/mol. The highest BCUT2D eigenvalue weighted by Gasteiger charge is 2.21. The highest BCUT2D eigenvalue weighted by atomic mass is 79.9. The molecule has 0 aliphatic rings. The highest BCUT2D eigenvalue weighted by molar-refractivity contribution is 9.10. The number of carbonyl (C=O) groups excluding carboxylic acids is 1. The lowest BCUT2D eigenvalue weighted by Gasteiger charge is -2.09. The number of hydrogen-bond acceptors (Lipinski definition) is 5. The summed E-state index contributed by atoms with van der Waals surface area (Å²) in [6, 6.07) is 9.96. The summed E-state index contributed by atoms with van der Waals surface area (Å²) in [7, 11) is -2.88. The minimum absolute atomic E-state index is 0.0121. The summed E-state index contributed by atoms with van der Waals surface area (Å²) in [4.78, 5) is 11.3. The van der Waals surface area contributed by atoms with Crippen LogP contribution in [0.5, 0.6) is 5.75 Å². The van der Waals surface area contributed by atoms with Gasteiger partial charge in [-0.05, 0) is 36.4 Å². The van der Waals surface area contributed by atoms with Crippen molar-refractivity contribution in [3.8, 4) is 5.75 Å². The Morgan fingerprint density at radius 1 is 1.18 bits per heavy atom. The van der Waals surface area contributed by atoms with E-state index in [9.17, 15) is 13.2 Å². The van der Waals surface area contributed by atoms with Crippen LogP contribution in [-0.2, 0) is 14.9 Å². The Kier molecular flexibility index (Phi) is 5.10. The summed E-state index contributed by atoms with van der Waals surface area (Å²) in [5, 5.41) is 0.0264. The summed E-state index contributed by atoms with van der Waals surface area (Å²) < 4.78 is 34.7. The highest BCUT2D eigenvalue weighted by Crippen LogP contribution is 2.28. The average molecular weight is 406 g/mol. The van der Waals surface area contributed by atoms with Crippen LogP contribution in [-0.4, -0.2) is 21.5 Å². The largest absolute Gasteiger partial charge is 0.465 e. The zero-order valence-corrected chi connectivity index (χ0v) is 14.4. The Morgan fingerprint density at radius 3 is 2.55 bits per heavy atom. The maximum Gasteiger partial charge on any atom is 0.340 e. The van der Waals surface area contributed by atoms with Crippen molar-refractivity contribution in [1.29, 1.82) is 0 Å². The maximum absolute atomic E-state index is 12.2. The van der Waals surface area contributed by atoms with Crippen LogP contribution >= 0.6 is 27.5 Å². The van der Waals surface area contributed by atoms with E-state index in [1.165, 1.54) is 49.6 Å². The predicted octanol–water partition coefficient (Wildman–Crippen LogP) is 3.66. The van der Waals surface area contributed by atoms with Crippen molar-refractivity contribution in [2.45, 2.75) is 4.90 Å². The quantitative estimate of drug-likeness (QED) is 0.573. The molecule has 0 aliphatic heterocycles. The summed E-state index contributed by atoms with van der Waals surface area (Å²) in [5.41, 5.74) is 0.178. The number of carbonyl (C=O) groups is 1. The van der Waals surface area contributed by atoms with Gasteiger partial charge >= 0.3 is 16.1 Å². The van der Waals surface area contributed by atoms with E-state index in [-0.39, 0.29) is 21.2 Å². The van der Waals surface area contributed by atoms with E-state index in [1.807, 2.05) is 0 Å². The lowest BCUT2D eigenvalue weighted by molar-refractivity contribution is 0.0600. The molecule has 0 aromatic heterocycles. The summed E-state index contributed by atoms with van der Waals surface area (Å²) in [6.07, 6.45) is 0. The number of benzene rings is 2. The van der Waals surface area contributed by atoms with Gasteiger partial charge in [0, 0.05) is 4.47 Å². The summed E-state index contributed by atoms with van der Waals surface area (Å²) >= 11 is 9.11. The van der Waals surface area contributed by atoms with Crippen molar-refractivity contribution < 1.29 is 22.1 Å². The fourth-order valence-corrected chi connectivity index (χ4v) is 3.58. The van der Waals surface area contributed by atoms with E-state index in [0.29, 0.717) is 4.47 Å². The van der Waals surface area contributed by atoms with E-state index < -0.39 is 16.1 Å². The minimum atomic E-state index is -4.11. The fraction of sp³-hybridized carbons (Fsp3) is 0.0714. The number of ether oxygens (including phenoxy) is 1. The standard InChI is InChI=1S/C14H10BrClO5S/c1-20-14(17)9-3-2-4-11(7-9)21-22(18,19)13-6-5-10(15)8-12(13)16/h2-8H,1H3. The van der Waals surface area contributed by atoms with Gasteiger partial charge in [0.15, 0.2) is 0 Å². The maximum atomic E-state index is 12.2. The molecule has 0 atom stereocenters. The number of halogens is 2. The Hall–Kier alpha value is -1.57. The average Bonchev–Trinajstić information content (AvgIpc) is 2.45. The molecule has 0 aliphatic carbocycles. The van der Waals surface area contributed by atoms with Crippen LogP contribution in [0.25, 0.3) is 0 Å². The molecule has 0 bridgehead atoms. The Labute approximate surface area is 141 Å². The van der Waals surface area contributed by atoms with Gasteiger partial charge in [0.05, 0.1) is 17.7 Å². The molecule has 0 saturated carbocycles. The second-order valence-corrected chi connectivity index (χ2v) is 6.97. The van der Waals surface area contributed by atoms with Crippen molar-refractivity contribution >= 4 is 43.6 Å². The molecule has 0 N–H and O–H groups in total. The Balaban J connectivity index is 2.35. The van der Waals surface area contributed by atoms with Crippen molar-refractivity contribution in [2.24, 2.45) is 0 Å². The molecular formula is C14H10BrClO5S. The van der Waals surface area contributed by atoms with E-state index >= 15 is 0 Å². The molecule has 0 unspecified atom stereocenters. The van der Waals surface area contributed by atoms with Gasteiger partial charge in [-0.3, -0.25) is 0 Å². The van der Waals surface area contributed by atoms with Crippen LogP contribution in [0, 0.1) is 0 Å². The van der Waals surface area contributed by atoms with Crippen molar-refractivity contribution in [3.63, 3.8) is 0 Å². The zero-order valence-electron chi connectivity index (χ0n) is 11.2. The van der Waals surface area contributed by atoms with Crippen LogP contribution in [0.15, 0.2) is 51.8 Å². The lowest BCUT2D eigenvalue weighted by Crippen LogP contribution is -2.11. The first-order chi connectivity index (χ1) is 10.3. The normalized spacial score (nSPS) is 11.0. The van der Waals surface area contributed by atoms with Crippen molar-refractivity contribution in [1.82, 2.24) is 0 Å². The molecule has 8 heteroatoms. The van der Waals surface area contributed by atoms with E-state index in [4.69, 9.17) is 15.8 Å². The van der Waals surface area contributed by atoms with Crippen molar-refractivity contribution in [3.05, 3.63) is 57.5 Å². The molecule has 2 rings (SSSR count). The van der Waals surface area contributed by atoms with Crippen LogP contribution in [0.2, 0.25) is 5.02 Å². The third-order valence-electron chi connectivity index (χ3n) is 2.62. The van der Waals surface area contributed by atoms with Crippen LogP contribution in [0.3, 0.4) is 0 Å². The zero-order chi connectivity index (χ0) is 16.3. The first kappa shape index (κ1) is 16.8. The van der Waals surface area contributed by atoms with E-state index in [0.717, 1.165) is 0 Å². The molecule has 0 radical (unpaired) electrons. The number of hydrogen-bond donors (Lipinski definition) is 0. The Bertz CT molecular complexity index is 820. The van der Waals surface area contributed by atoms with Gasteiger partial charge in [-0.25, -0.2) is 4.79 Å². The van der Waals surface area contributed by atoms with Gasteiger partial charge in [-0.1, -0.05) is 33.6 Å². The molecule has 0 heterocycles. The van der Waals surface area contributed by atoms with Gasteiger partial charge in [0.25, 0.3) is 0 Å². The third-order valence-corrected chi connectivity index (χ3v) is 4.85. The van der Waals surface area contributed by atoms with Gasteiger partial charge in [-0.2, -0.15) is 8.42 Å². The Morgan fingerprint density at radius 2 is 1.91 bits per heavy atom. The molecule has 116 valence electrons. The lowest BCUT2D eigenvalue weighted by atomic mass is 10.2. The van der Waals surface area contributed by atoms with E-state index in [1.54, 1.807) is 0 Å². The third kappa shape index (κ3) is 3.79. The topological polar surface area (TPSA) is 69.7 Å². The predicted molar refractivity (Wildman–Crippen MR) is 84.7 cm³/mol. The first-order valence-electron chi connectivity index (χ1n) is 5.91. The van der Waals surface area contributed by atoms with Gasteiger partial charge in [0.2, 0.25) is 0 Å². The smallest absolute Gasteiger partial charge is 0.340 e. The molecule has 2 aromatic carbocycles. The van der Waals surface area contributed by atoms with E-state index in [2.05, 4.69) is 20.7 Å². The fourth-order valence-electron chi connectivity index (χ4n) is 1.64. The molecule has 0 fully saturated rings. The summed E-state index contributed by atoms with van der Waals surface area (Å²) in [6.45, 7) is 0.